The molecule has 1 atom stereocenters. The molecule has 1 heterocycles. The van der Waals surface area contributed by atoms with Gasteiger partial charge in [-0.2, -0.15) is 0 Å². The lowest BCUT2D eigenvalue weighted by Gasteiger charge is -2.45. The van der Waals surface area contributed by atoms with Crippen LogP contribution in [0.25, 0.3) is 0 Å². The van der Waals surface area contributed by atoms with Crippen molar-refractivity contribution < 1.29 is 0 Å². The highest BCUT2D eigenvalue weighted by atomic mass is 15.1. The fourth-order valence-electron chi connectivity index (χ4n) is 17.3. The average molecular weight is 1300 g/mol. The van der Waals surface area contributed by atoms with Gasteiger partial charge in [0.2, 0.25) is 0 Å². The number of hydrogen-bond acceptors (Lipinski definition) is 1. The van der Waals surface area contributed by atoms with Gasteiger partial charge in [0.25, 0.3) is 0 Å². The van der Waals surface area contributed by atoms with Crippen LogP contribution < -0.4 is 0 Å². The van der Waals surface area contributed by atoms with Crippen LogP contribution in [0.2, 0.25) is 0 Å². The summed E-state index contributed by atoms with van der Waals surface area (Å²) in [6.45, 7) is 24.4. The maximum Gasteiger partial charge on any atom is 0.0951 e. The van der Waals surface area contributed by atoms with E-state index >= 15 is 0 Å². The number of aromatic nitrogens is 2. The van der Waals surface area contributed by atoms with Gasteiger partial charge in [-0.25, -0.2) is 4.98 Å². The van der Waals surface area contributed by atoms with E-state index in [1.807, 2.05) is 39.6 Å². The largest absolute Gasteiger partial charge is 0.331 e. The van der Waals surface area contributed by atoms with E-state index in [2.05, 4.69) is 111 Å². The van der Waals surface area contributed by atoms with Crippen molar-refractivity contribution in [3.05, 3.63) is 87.5 Å². The Morgan fingerprint density at radius 2 is 0.564 bits per heavy atom. The molecule has 0 aliphatic carbocycles. The highest BCUT2D eigenvalue weighted by molar-refractivity contribution is 5.60. The standard InChI is InChI=1S/C92H166N2/c1-11-19-26-33-40-47-54-61-70-82-83(71-62-55-48-41-34-27-20-12-2)85(73-64-57-50-43-36-29-22-14-4)90(86(74-65-58-51-44-37-30-23-15-5)84(82)72-63-56-49-42-35-28-21-13-3)92(77-68-59-52-45-38-31-24-16-6,78-69-60-53-46-39-32-25-17-7)89-76-67-66-75-87(89)88(18-8)91(9,10)94-80-79-93-81-94/h66-67,75-76,79-81,88H,11-65,68-74,77-78H2,1-10H3/t88-/m0/s1. The van der Waals surface area contributed by atoms with E-state index in [0.29, 0.717) is 5.92 Å². The van der Waals surface area contributed by atoms with Gasteiger partial charge in [-0.1, -0.05) is 407 Å². The Kier molecular flexibility index (Phi) is 53.4. The molecule has 0 radical (unpaired) electrons. The second-order valence-electron chi connectivity index (χ2n) is 31.6. The second-order valence-corrected chi connectivity index (χ2v) is 31.6. The Balaban J connectivity index is 2.69. The highest BCUT2D eigenvalue weighted by Crippen LogP contribution is 2.53. The van der Waals surface area contributed by atoms with E-state index in [1.165, 1.54) is 405 Å². The molecular weight excluding hydrogens is 1130 g/mol. The first kappa shape index (κ1) is 85.9. The molecule has 0 saturated carbocycles. The van der Waals surface area contributed by atoms with Crippen LogP contribution in [0.5, 0.6) is 0 Å². The molecule has 0 N–H and O–H groups in total. The van der Waals surface area contributed by atoms with Crippen LogP contribution in [-0.4, -0.2) is 9.55 Å². The van der Waals surface area contributed by atoms with Crippen molar-refractivity contribution in [1.82, 2.24) is 9.55 Å². The first-order valence-electron chi connectivity index (χ1n) is 43.5. The first-order valence-corrected chi connectivity index (χ1v) is 43.5. The van der Waals surface area contributed by atoms with Crippen molar-refractivity contribution in [3.8, 4) is 0 Å². The monoisotopic (exact) mass is 1300 g/mol. The third-order valence-electron chi connectivity index (χ3n) is 23.1. The minimum atomic E-state index is -0.132. The molecule has 0 unspecified atom stereocenters. The van der Waals surface area contributed by atoms with Gasteiger partial charge in [0.1, 0.15) is 0 Å². The Morgan fingerprint density at radius 3 is 0.840 bits per heavy atom. The zero-order valence-corrected chi connectivity index (χ0v) is 65.8. The molecule has 0 saturated heterocycles. The molecule has 2 heteroatoms. The normalized spacial score (nSPS) is 12.5. The van der Waals surface area contributed by atoms with E-state index in [0.717, 1.165) is 6.42 Å². The predicted octanol–water partition coefficient (Wildman–Crippen LogP) is 31.6. The summed E-state index contributed by atoms with van der Waals surface area (Å²) >= 11 is 0. The van der Waals surface area contributed by atoms with E-state index < -0.39 is 0 Å². The minimum absolute atomic E-state index is 0.0521. The van der Waals surface area contributed by atoms with Crippen LogP contribution in [0.1, 0.15) is 498 Å². The number of rotatable bonds is 69. The maximum atomic E-state index is 4.77. The molecule has 3 aromatic rings. The lowest BCUT2D eigenvalue weighted by atomic mass is 9.60. The van der Waals surface area contributed by atoms with Gasteiger partial charge in [-0.3, -0.25) is 0 Å². The fraction of sp³-hybridized carbons (Fsp3) is 0.837. The van der Waals surface area contributed by atoms with Crippen LogP contribution in [0.3, 0.4) is 0 Å². The Labute approximate surface area is 590 Å². The van der Waals surface area contributed by atoms with Gasteiger partial charge in [0.05, 0.1) is 6.33 Å². The molecule has 0 fully saturated rings. The van der Waals surface area contributed by atoms with Gasteiger partial charge in [0, 0.05) is 29.3 Å². The van der Waals surface area contributed by atoms with E-state index in [9.17, 15) is 0 Å². The summed E-state index contributed by atoms with van der Waals surface area (Å²) in [7, 11) is 0. The van der Waals surface area contributed by atoms with E-state index in [4.69, 9.17) is 4.98 Å². The second kappa shape index (κ2) is 58.4. The molecule has 0 spiro atoms. The number of hydrogen-bond donors (Lipinski definition) is 0. The third kappa shape index (κ3) is 35.1. The van der Waals surface area contributed by atoms with Crippen LogP contribution in [0, 0.1) is 0 Å². The zero-order chi connectivity index (χ0) is 67.7. The van der Waals surface area contributed by atoms with Crippen LogP contribution in [-0.2, 0) is 43.1 Å². The van der Waals surface area contributed by atoms with Crippen LogP contribution >= 0.6 is 0 Å². The quantitative estimate of drug-likeness (QED) is 0.0515. The third-order valence-corrected chi connectivity index (χ3v) is 23.1. The minimum Gasteiger partial charge on any atom is -0.331 e. The van der Waals surface area contributed by atoms with Crippen molar-refractivity contribution in [2.45, 2.75) is 497 Å². The average Bonchev–Trinajstić information content (AvgIpc) is 0.753. The Bertz CT molecular complexity index is 2040. The van der Waals surface area contributed by atoms with Gasteiger partial charge >= 0.3 is 0 Å². The summed E-state index contributed by atoms with van der Waals surface area (Å²) in [6.07, 6.45) is 94.8. The number of unbranched alkanes of at least 4 members (excludes halogenated alkanes) is 49. The van der Waals surface area contributed by atoms with Gasteiger partial charge in [0.15, 0.2) is 0 Å². The summed E-state index contributed by atoms with van der Waals surface area (Å²) in [5.41, 5.74) is 14.9. The molecule has 2 aromatic carbocycles. The van der Waals surface area contributed by atoms with Gasteiger partial charge in [-0.05, 0) is 142 Å². The van der Waals surface area contributed by atoms with Crippen LogP contribution in [0.15, 0.2) is 43.0 Å². The smallest absolute Gasteiger partial charge is 0.0951 e. The molecule has 0 amide bonds. The number of imidazole rings is 1. The molecule has 0 aliphatic rings. The molecule has 0 aliphatic heterocycles. The molecule has 1 aromatic heterocycles. The zero-order valence-electron chi connectivity index (χ0n) is 65.8. The molecule has 3 rings (SSSR count). The molecule has 0 bridgehead atoms. The fourth-order valence-corrected chi connectivity index (χ4v) is 17.3. The lowest BCUT2D eigenvalue weighted by molar-refractivity contribution is 0.270. The maximum absolute atomic E-state index is 4.77. The molecular formula is C92H166N2. The summed E-state index contributed by atoms with van der Waals surface area (Å²) in [4.78, 5) is 4.77. The van der Waals surface area contributed by atoms with Crippen molar-refractivity contribution in [1.29, 1.82) is 0 Å². The topological polar surface area (TPSA) is 17.8 Å². The van der Waals surface area contributed by atoms with Crippen molar-refractivity contribution in [2.75, 3.05) is 0 Å². The summed E-state index contributed by atoms with van der Waals surface area (Å²) < 4.78 is 2.49. The summed E-state index contributed by atoms with van der Waals surface area (Å²) in [5.74, 6) is 0.358. The first-order chi connectivity index (χ1) is 46.3. The van der Waals surface area contributed by atoms with E-state index in [-0.39, 0.29) is 11.0 Å². The SMILES string of the molecule is CCCCCCCCCCc1c(CCCCCCCCCC)c(CCCCCCCCCC)c(C(CCCCCCCCCC)(CCCCCCCCCC)c2ccccc2[C@H](CC)C(C)(C)n2ccnc2)c(CCCCCCCCCC)c1CCCCCCCCCC. The molecule has 94 heavy (non-hydrogen) atoms. The molecule has 544 valence electrons. The summed E-state index contributed by atoms with van der Waals surface area (Å²) in [5, 5.41) is 0. The highest BCUT2D eigenvalue weighted by Gasteiger charge is 2.43. The Hall–Kier alpha value is -2.35. The number of benzene rings is 2. The molecule has 2 nitrogen and oxygen atoms in total. The van der Waals surface area contributed by atoms with Gasteiger partial charge in [-0.15, -0.1) is 0 Å². The lowest BCUT2D eigenvalue weighted by Crippen LogP contribution is -2.38. The number of nitrogens with zero attached hydrogens (tertiary/aromatic N) is 2. The van der Waals surface area contributed by atoms with E-state index in [1.54, 1.807) is 11.1 Å². The van der Waals surface area contributed by atoms with Gasteiger partial charge < -0.3 is 4.57 Å². The predicted molar refractivity (Wildman–Crippen MR) is 424 cm³/mol. The summed E-state index contributed by atoms with van der Waals surface area (Å²) in [6, 6.07) is 10.5. The van der Waals surface area contributed by atoms with Crippen LogP contribution in [0.4, 0.5) is 0 Å². The Morgan fingerprint density at radius 1 is 0.309 bits per heavy atom. The van der Waals surface area contributed by atoms with Crippen molar-refractivity contribution >= 4 is 0 Å². The van der Waals surface area contributed by atoms with Crippen molar-refractivity contribution in [2.24, 2.45) is 0 Å². The van der Waals surface area contributed by atoms with Crippen molar-refractivity contribution in [3.63, 3.8) is 0 Å².